The molecule has 0 aliphatic carbocycles. The first kappa shape index (κ1) is 11.5. The van der Waals surface area contributed by atoms with Gasteiger partial charge in [-0.1, -0.05) is 48.5 Å². The van der Waals surface area contributed by atoms with Crippen LogP contribution in [0.25, 0.3) is 10.8 Å². The second-order valence-electron chi connectivity index (χ2n) is 4.29. The van der Waals surface area contributed by atoms with Gasteiger partial charge in [-0.15, -0.1) is 0 Å². The van der Waals surface area contributed by atoms with Crippen LogP contribution in [0.4, 0.5) is 5.82 Å². The Hall–Kier alpha value is -2.62. The van der Waals surface area contributed by atoms with Crippen LogP contribution in [0, 0.1) is 0 Å². The minimum Gasteiger partial charge on any atom is -0.364 e. The van der Waals surface area contributed by atoms with Crippen LogP contribution < -0.4 is 10.9 Å². The van der Waals surface area contributed by atoms with Crippen molar-refractivity contribution in [1.29, 1.82) is 0 Å². The first-order valence-electron chi connectivity index (χ1n) is 6.10. The number of hydrogen-bond acceptors (Lipinski definition) is 3. The van der Waals surface area contributed by atoms with Crippen LogP contribution in [0.3, 0.4) is 0 Å². The summed E-state index contributed by atoms with van der Waals surface area (Å²) >= 11 is 0. The number of aromatic amines is 1. The minimum absolute atomic E-state index is 0.166. The van der Waals surface area contributed by atoms with E-state index in [1.807, 2.05) is 48.5 Å². The maximum atomic E-state index is 11.7. The Balaban J connectivity index is 1.94. The molecule has 1 aromatic heterocycles. The lowest BCUT2D eigenvalue weighted by Crippen LogP contribution is -2.12. The molecule has 0 amide bonds. The van der Waals surface area contributed by atoms with E-state index in [-0.39, 0.29) is 5.56 Å². The van der Waals surface area contributed by atoms with Crippen molar-refractivity contribution < 1.29 is 0 Å². The first-order chi connectivity index (χ1) is 9.34. The van der Waals surface area contributed by atoms with Crippen molar-refractivity contribution in [2.45, 2.75) is 6.54 Å². The summed E-state index contributed by atoms with van der Waals surface area (Å²) in [4.78, 5) is 11.7. The molecule has 0 spiro atoms. The number of fused-ring (bicyclic) bond motifs is 1. The van der Waals surface area contributed by atoms with Gasteiger partial charge in [-0.3, -0.25) is 4.79 Å². The van der Waals surface area contributed by atoms with E-state index in [9.17, 15) is 4.79 Å². The van der Waals surface area contributed by atoms with Gasteiger partial charge in [0.25, 0.3) is 5.56 Å². The maximum Gasteiger partial charge on any atom is 0.272 e. The molecule has 0 fully saturated rings. The molecule has 0 bridgehead atoms. The van der Waals surface area contributed by atoms with Crippen molar-refractivity contribution in [3.05, 3.63) is 70.5 Å². The number of hydrogen-bond donors (Lipinski definition) is 2. The second kappa shape index (κ2) is 4.94. The highest BCUT2D eigenvalue weighted by atomic mass is 16.1. The molecule has 0 atom stereocenters. The smallest absolute Gasteiger partial charge is 0.272 e. The Kier molecular flexibility index (Phi) is 2.98. The predicted molar refractivity (Wildman–Crippen MR) is 76.1 cm³/mol. The maximum absolute atomic E-state index is 11.7. The highest BCUT2D eigenvalue weighted by Gasteiger charge is 2.04. The number of benzene rings is 2. The minimum atomic E-state index is -0.166. The fraction of sp³-hybridized carbons (Fsp3) is 0.0667. The molecule has 19 heavy (non-hydrogen) atoms. The normalized spacial score (nSPS) is 10.5. The molecule has 0 aliphatic heterocycles. The predicted octanol–water partition coefficient (Wildman–Crippen LogP) is 2.54. The Morgan fingerprint density at radius 3 is 2.42 bits per heavy atom. The SMILES string of the molecule is O=c1[nH]nc(NCc2ccccc2)c2ccccc12. The van der Waals surface area contributed by atoms with Crippen molar-refractivity contribution in [1.82, 2.24) is 10.2 Å². The van der Waals surface area contributed by atoms with Gasteiger partial charge < -0.3 is 5.32 Å². The zero-order valence-electron chi connectivity index (χ0n) is 10.3. The van der Waals surface area contributed by atoms with Crippen LogP contribution >= 0.6 is 0 Å². The summed E-state index contributed by atoms with van der Waals surface area (Å²) in [5.41, 5.74) is 1.00. The fourth-order valence-electron chi connectivity index (χ4n) is 2.03. The lowest BCUT2D eigenvalue weighted by Gasteiger charge is -2.07. The molecule has 3 rings (SSSR count). The van der Waals surface area contributed by atoms with Crippen molar-refractivity contribution in [2.75, 3.05) is 5.32 Å². The third kappa shape index (κ3) is 2.33. The van der Waals surface area contributed by atoms with Gasteiger partial charge in [-0.25, -0.2) is 5.10 Å². The van der Waals surface area contributed by atoms with Gasteiger partial charge in [0, 0.05) is 11.9 Å². The number of H-pyrrole nitrogens is 1. The highest BCUT2D eigenvalue weighted by Crippen LogP contribution is 2.17. The highest BCUT2D eigenvalue weighted by molar-refractivity contribution is 5.90. The van der Waals surface area contributed by atoms with Crippen LogP contribution in [-0.4, -0.2) is 10.2 Å². The van der Waals surface area contributed by atoms with Gasteiger partial charge in [-0.05, 0) is 11.6 Å². The van der Waals surface area contributed by atoms with Crippen LogP contribution in [0.2, 0.25) is 0 Å². The fourth-order valence-corrected chi connectivity index (χ4v) is 2.03. The average molecular weight is 251 g/mol. The van der Waals surface area contributed by atoms with E-state index in [4.69, 9.17) is 0 Å². The summed E-state index contributed by atoms with van der Waals surface area (Å²) < 4.78 is 0. The van der Waals surface area contributed by atoms with E-state index in [1.54, 1.807) is 6.07 Å². The van der Waals surface area contributed by atoms with E-state index in [0.717, 1.165) is 5.39 Å². The van der Waals surface area contributed by atoms with Crippen molar-refractivity contribution in [3.63, 3.8) is 0 Å². The zero-order chi connectivity index (χ0) is 13.1. The summed E-state index contributed by atoms with van der Waals surface area (Å²) in [5, 5.41) is 11.3. The summed E-state index contributed by atoms with van der Waals surface area (Å²) in [7, 11) is 0. The molecule has 2 N–H and O–H groups in total. The largest absolute Gasteiger partial charge is 0.364 e. The van der Waals surface area contributed by atoms with E-state index < -0.39 is 0 Å². The molecule has 4 nitrogen and oxygen atoms in total. The van der Waals surface area contributed by atoms with E-state index in [0.29, 0.717) is 17.7 Å². The molecule has 2 aromatic carbocycles. The topological polar surface area (TPSA) is 57.8 Å². The molecular weight excluding hydrogens is 238 g/mol. The zero-order valence-corrected chi connectivity index (χ0v) is 10.3. The molecular formula is C15H13N3O. The van der Waals surface area contributed by atoms with Crippen molar-refractivity contribution >= 4 is 16.6 Å². The molecule has 0 radical (unpaired) electrons. The molecule has 0 aliphatic rings. The molecule has 0 saturated heterocycles. The lowest BCUT2D eigenvalue weighted by molar-refractivity contribution is 0.988. The monoisotopic (exact) mass is 251 g/mol. The number of rotatable bonds is 3. The quantitative estimate of drug-likeness (QED) is 0.752. The average Bonchev–Trinajstić information content (AvgIpc) is 2.48. The van der Waals surface area contributed by atoms with Crippen molar-refractivity contribution in [2.24, 2.45) is 0 Å². The summed E-state index contributed by atoms with van der Waals surface area (Å²) in [5.74, 6) is 0.694. The Labute approximate surface area is 110 Å². The molecule has 4 heteroatoms. The van der Waals surface area contributed by atoms with Crippen LogP contribution in [0.5, 0.6) is 0 Å². The molecule has 3 aromatic rings. The van der Waals surface area contributed by atoms with Crippen LogP contribution in [0.1, 0.15) is 5.56 Å². The van der Waals surface area contributed by atoms with E-state index in [1.165, 1.54) is 5.56 Å². The first-order valence-corrected chi connectivity index (χ1v) is 6.10. The van der Waals surface area contributed by atoms with Crippen molar-refractivity contribution in [3.8, 4) is 0 Å². The van der Waals surface area contributed by atoms with Gasteiger partial charge in [0.2, 0.25) is 0 Å². The summed E-state index contributed by atoms with van der Waals surface area (Å²) in [6.07, 6.45) is 0. The van der Waals surface area contributed by atoms with Gasteiger partial charge in [0.05, 0.1) is 5.39 Å². The standard InChI is InChI=1S/C15H13N3O/c19-15-13-9-5-4-8-12(13)14(17-18-15)16-10-11-6-2-1-3-7-11/h1-9H,10H2,(H,16,17)(H,18,19). The summed E-state index contributed by atoms with van der Waals surface area (Å²) in [6.45, 7) is 0.671. The Morgan fingerprint density at radius 1 is 0.947 bits per heavy atom. The van der Waals surface area contributed by atoms with Crippen LogP contribution in [0.15, 0.2) is 59.4 Å². The lowest BCUT2D eigenvalue weighted by atomic mass is 10.2. The summed E-state index contributed by atoms with van der Waals surface area (Å²) in [6, 6.07) is 17.5. The van der Waals surface area contributed by atoms with Gasteiger partial charge in [0.15, 0.2) is 5.82 Å². The third-order valence-electron chi connectivity index (χ3n) is 3.00. The Bertz CT molecular complexity index is 750. The van der Waals surface area contributed by atoms with Gasteiger partial charge in [-0.2, -0.15) is 5.10 Å². The number of nitrogens with one attached hydrogen (secondary N) is 2. The third-order valence-corrected chi connectivity index (χ3v) is 3.00. The molecule has 0 unspecified atom stereocenters. The number of nitrogens with zero attached hydrogens (tertiary/aromatic N) is 1. The van der Waals surface area contributed by atoms with E-state index >= 15 is 0 Å². The van der Waals surface area contributed by atoms with Crippen LogP contribution in [-0.2, 0) is 6.54 Å². The number of anilines is 1. The molecule has 0 saturated carbocycles. The molecule has 1 heterocycles. The Morgan fingerprint density at radius 2 is 1.63 bits per heavy atom. The van der Waals surface area contributed by atoms with Gasteiger partial charge in [0.1, 0.15) is 0 Å². The molecule has 94 valence electrons. The second-order valence-corrected chi connectivity index (χ2v) is 4.29. The van der Waals surface area contributed by atoms with Gasteiger partial charge >= 0.3 is 0 Å². The number of aromatic nitrogens is 2. The van der Waals surface area contributed by atoms with E-state index in [2.05, 4.69) is 15.5 Å².